The lowest BCUT2D eigenvalue weighted by molar-refractivity contribution is 0.355. The SMILES string of the molecule is COc1cc2nc(C(Cl)=Cc3ccc(Cl)c(Cl)c3)[nH]c(=O)c2cc1OC. The fraction of sp³-hybridized carbons (Fsp3) is 0.111. The zero-order chi connectivity index (χ0) is 18.8. The van der Waals surface area contributed by atoms with E-state index in [1.54, 1.807) is 36.4 Å². The summed E-state index contributed by atoms with van der Waals surface area (Å²) in [6.07, 6.45) is 1.63. The van der Waals surface area contributed by atoms with Gasteiger partial charge in [-0.3, -0.25) is 4.79 Å². The van der Waals surface area contributed by atoms with Crippen LogP contribution in [0.15, 0.2) is 35.1 Å². The van der Waals surface area contributed by atoms with Gasteiger partial charge in [-0.1, -0.05) is 40.9 Å². The molecule has 0 aliphatic carbocycles. The number of hydrogen-bond donors (Lipinski definition) is 1. The lowest BCUT2D eigenvalue weighted by atomic mass is 10.2. The van der Waals surface area contributed by atoms with Crippen molar-refractivity contribution in [1.82, 2.24) is 9.97 Å². The van der Waals surface area contributed by atoms with Crippen molar-refractivity contribution in [3.05, 3.63) is 62.1 Å². The molecule has 0 fully saturated rings. The minimum absolute atomic E-state index is 0.224. The molecule has 0 atom stereocenters. The maximum Gasteiger partial charge on any atom is 0.259 e. The van der Waals surface area contributed by atoms with Crippen LogP contribution in [0.1, 0.15) is 11.4 Å². The summed E-state index contributed by atoms with van der Waals surface area (Å²) in [5.74, 6) is 1.13. The first-order valence-electron chi connectivity index (χ1n) is 7.41. The van der Waals surface area contributed by atoms with E-state index in [1.165, 1.54) is 14.2 Å². The first kappa shape index (κ1) is 18.6. The number of aromatic nitrogens is 2. The molecule has 0 saturated carbocycles. The minimum Gasteiger partial charge on any atom is -0.493 e. The second-order valence-electron chi connectivity index (χ2n) is 5.30. The summed E-state index contributed by atoms with van der Waals surface area (Å²) in [5.41, 5.74) is 0.813. The maximum absolute atomic E-state index is 12.4. The van der Waals surface area contributed by atoms with Gasteiger partial charge in [0.1, 0.15) is 0 Å². The molecule has 0 radical (unpaired) electrons. The van der Waals surface area contributed by atoms with Gasteiger partial charge in [-0.15, -0.1) is 0 Å². The van der Waals surface area contributed by atoms with E-state index < -0.39 is 0 Å². The molecule has 0 aliphatic heterocycles. The third kappa shape index (κ3) is 3.65. The molecule has 1 aromatic heterocycles. The van der Waals surface area contributed by atoms with Crippen molar-refractivity contribution < 1.29 is 9.47 Å². The Hall–Kier alpha value is -2.21. The zero-order valence-corrected chi connectivity index (χ0v) is 16.0. The number of nitrogens with zero attached hydrogens (tertiary/aromatic N) is 1. The van der Waals surface area contributed by atoms with E-state index in [9.17, 15) is 4.79 Å². The molecule has 1 N–H and O–H groups in total. The summed E-state index contributed by atoms with van der Waals surface area (Å²) in [7, 11) is 3.01. The Kier molecular flexibility index (Phi) is 5.41. The van der Waals surface area contributed by atoms with Gasteiger partial charge < -0.3 is 14.5 Å². The van der Waals surface area contributed by atoms with Crippen LogP contribution in [0.5, 0.6) is 11.5 Å². The summed E-state index contributed by atoms with van der Waals surface area (Å²) in [6.45, 7) is 0. The number of H-pyrrole nitrogens is 1. The lowest BCUT2D eigenvalue weighted by Crippen LogP contribution is -2.11. The molecular weight excluding hydrogens is 399 g/mol. The number of hydrogen-bond acceptors (Lipinski definition) is 4. The van der Waals surface area contributed by atoms with Crippen molar-refractivity contribution in [2.24, 2.45) is 0 Å². The maximum atomic E-state index is 12.4. The van der Waals surface area contributed by atoms with Crippen LogP contribution >= 0.6 is 34.8 Å². The fourth-order valence-electron chi connectivity index (χ4n) is 2.40. The van der Waals surface area contributed by atoms with Gasteiger partial charge in [0.25, 0.3) is 5.56 Å². The molecule has 0 saturated heterocycles. The molecule has 0 amide bonds. The van der Waals surface area contributed by atoms with E-state index in [-0.39, 0.29) is 16.4 Å². The number of nitrogens with one attached hydrogen (secondary N) is 1. The quantitative estimate of drug-likeness (QED) is 0.657. The van der Waals surface area contributed by atoms with Crippen LogP contribution in [0.25, 0.3) is 22.0 Å². The van der Waals surface area contributed by atoms with Crippen LogP contribution in [0, 0.1) is 0 Å². The van der Waals surface area contributed by atoms with E-state index in [2.05, 4.69) is 9.97 Å². The number of rotatable bonds is 4. The van der Waals surface area contributed by atoms with Gasteiger partial charge in [0.05, 0.1) is 40.2 Å². The molecule has 0 spiro atoms. The van der Waals surface area contributed by atoms with Crippen LogP contribution in [-0.2, 0) is 0 Å². The summed E-state index contributed by atoms with van der Waals surface area (Å²) < 4.78 is 10.5. The number of halogens is 3. The van der Waals surface area contributed by atoms with Crippen LogP contribution in [0.3, 0.4) is 0 Å². The Morgan fingerprint density at radius 2 is 1.77 bits per heavy atom. The molecule has 1 heterocycles. The number of fused-ring (bicyclic) bond motifs is 1. The highest BCUT2D eigenvalue weighted by Crippen LogP contribution is 2.31. The van der Waals surface area contributed by atoms with E-state index in [0.29, 0.717) is 32.4 Å². The smallest absolute Gasteiger partial charge is 0.259 e. The van der Waals surface area contributed by atoms with Gasteiger partial charge in [-0.05, 0) is 29.8 Å². The first-order valence-corrected chi connectivity index (χ1v) is 8.55. The summed E-state index contributed by atoms with van der Waals surface area (Å²) in [6, 6.07) is 8.27. The summed E-state index contributed by atoms with van der Waals surface area (Å²) in [5, 5.41) is 1.46. The van der Waals surface area contributed by atoms with E-state index in [1.807, 2.05) is 0 Å². The van der Waals surface area contributed by atoms with E-state index in [0.717, 1.165) is 5.56 Å². The molecule has 0 unspecified atom stereocenters. The molecule has 5 nitrogen and oxygen atoms in total. The highest BCUT2D eigenvalue weighted by molar-refractivity contribution is 6.50. The Balaban J connectivity index is 2.11. The van der Waals surface area contributed by atoms with Gasteiger partial charge in [0.2, 0.25) is 0 Å². The van der Waals surface area contributed by atoms with Crippen molar-refractivity contribution in [3.8, 4) is 11.5 Å². The third-order valence-electron chi connectivity index (χ3n) is 3.67. The van der Waals surface area contributed by atoms with Gasteiger partial charge in [-0.25, -0.2) is 4.98 Å². The molecule has 2 aromatic carbocycles. The normalized spacial score (nSPS) is 11.7. The van der Waals surface area contributed by atoms with Gasteiger partial charge in [0, 0.05) is 6.07 Å². The van der Waals surface area contributed by atoms with Crippen LogP contribution < -0.4 is 15.0 Å². The molecule has 26 heavy (non-hydrogen) atoms. The van der Waals surface area contributed by atoms with Crippen LogP contribution in [0.4, 0.5) is 0 Å². The lowest BCUT2D eigenvalue weighted by Gasteiger charge is -2.09. The highest BCUT2D eigenvalue weighted by atomic mass is 35.5. The average Bonchev–Trinajstić information content (AvgIpc) is 2.63. The second kappa shape index (κ2) is 7.58. The van der Waals surface area contributed by atoms with Crippen molar-refractivity contribution in [2.45, 2.75) is 0 Å². The van der Waals surface area contributed by atoms with E-state index in [4.69, 9.17) is 44.3 Å². The number of benzene rings is 2. The Morgan fingerprint density at radius 1 is 1.08 bits per heavy atom. The Bertz CT molecular complexity index is 1080. The molecule has 0 bridgehead atoms. The highest BCUT2D eigenvalue weighted by Gasteiger charge is 2.12. The van der Waals surface area contributed by atoms with E-state index >= 15 is 0 Å². The molecule has 0 aliphatic rings. The standard InChI is InChI=1S/C18H13Cl3N2O3/c1-25-15-7-10-14(8-16(15)26-2)22-17(23-18(10)24)13(21)6-9-3-4-11(19)12(20)5-9/h3-8H,1-2H3,(H,22,23,24). The summed E-state index contributed by atoms with van der Waals surface area (Å²) >= 11 is 18.2. The average molecular weight is 412 g/mol. The fourth-order valence-corrected chi connectivity index (χ4v) is 2.92. The largest absolute Gasteiger partial charge is 0.493 e. The molecule has 3 rings (SSSR count). The van der Waals surface area contributed by atoms with Gasteiger partial charge >= 0.3 is 0 Å². The Morgan fingerprint density at radius 3 is 2.42 bits per heavy atom. The Labute approximate surface area is 164 Å². The zero-order valence-electron chi connectivity index (χ0n) is 13.8. The van der Waals surface area contributed by atoms with Crippen LogP contribution in [0.2, 0.25) is 10.0 Å². The van der Waals surface area contributed by atoms with Crippen molar-refractivity contribution in [3.63, 3.8) is 0 Å². The minimum atomic E-state index is -0.341. The molecule has 134 valence electrons. The summed E-state index contributed by atoms with van der Waals surface area (Å²) in [4.78, 5) is 19.5. The molecule has 8 heteroatoms. The number of ether oxygens (including phenoxy) is 2. The molecule has 3 aromatic rings. The second-order valence-corrected chi connectivity index (χ2v) is 6.53. The van der Waals surface area contributed by atoms with Crippen molar-refractivity contribution in [2.75, 3.05) is 14.2 Å². The monoisotopic (exact) mass is 410 g/mol. The first-order chi connectivity index (χ1) is 12.4. The predicted octanol–water partition coefficient (Wildman–Crippen LogP) is 4.98. The van der Waals surface area contributed by atoms with Crippen molar-refractivity contribution in [1.29, 1.82) is 0 Å². The van der Waals surface area contributed by atoms with Gasteiger partial charge in [0.15, 0.2) is 17.3 Å². The molecular formula is C18H13Cl3N2O3. The van der Waals surface area contributed by atoms with Crippen LogP contribution in [-0.4, -0.2) is 24.2 Å². The van der Waals surface area contributed by atoms with Gasteiger partial charge in [-0.2, -0.15) is 0 Å². The predicted molar refractivity (Wildman–Crippen MR) is 106 cm³/mol. The van der Waals surface area contributed by atoms with Crippen molar-refractivity contribution >= 4 is 56.8 Å². The topological polar surface area (TPSA) is 64.2 Å². The number of aromatic amines is 1. The number of methoxy groups -OCH3 is 2. The third-order valence-corrected chi connectivity index (χ3v) is 4.70.